The first-order chi connectivity index (χ1) is 5.22. The summed E-state index contributed by atoms with van der Waals surface area (Å²) in [6.45, 7) is 2.04. The molecule has 3 heteroatoms. The van der Waals surface area contributed by atoms with Gasteiger partial charge in [0.15, 0.2) is 0 Å². The Bertz CT molecular complexity index is 252. The van der Waals surface area contributed by atoms with E-state index in [1.807, 2.05) is 19.2 Å². The zero-order valence-electron chi connectivity index (χ0n) is 6.42. The van der Waals surface area contributed by atoms with Gasteiger partial charge in [-0.25, -0.2) is 0 Å². The Labute approximate surface area is 65.1 Å². The van der Waals surface area contributed by atoms with E-state index in [0.717, 1.165) is 17.7 Å². The van der Waals surface area contributed by atoms with Crippen LogP contribution in [0.25, 0.3) is 0 Å². The van der Waals surface area contributed by atoms with E-state index in [1.54, 1.807) is 0 Å². The van der Waals surface area contributed by atoms with E-state index in [9.17, 15) is 4.79 Å². The van der Waals surface area contributed by atoms with Gasteiger partial charge in [-0.2, -0.15) is 0 Å². The van der Waals surface area contributed by atoms with Gasteiger partial charge in [0.05, 0.1) is 6.42 Å². The van der Waals surface area contributed by atoms with Crippen molar-refractivity contribution in [3.8, 4) is 0 Å². The highest BCUT2D eigenvalue weighted by atomic mass is 16.4. The molecule has 0 aliphatic carbocycles. The van der Waals surface area contributed by atoms with Crippen molar-refractivity contribution in [3.63, 3.8) is 0 Å². The molecule has 0 aromatic carbocycles. The van der Waals surface area contributed by atoms with E-state index in [2.05, 4.69) is 4.98 Å². The predicted octanol–water partition coefficient (Wildman–Crippen LogP) is 1.20. The van der Waals surface area contributed by atoms with Crippen LogP contribution in [0.1, 0.15) is 18.2 Å². The van der Waals surface area contributed by atoms with Crippen molar-refractivity contribution in [1.29, 1.82) is 0 Å². The molecule has 2 N–H and O–H groups in total. The van der Waals surface area contributed by atoms with Crippen LogP contribution in [0.5, 0.6) is 0 Å². The molecule has 0 atom stereocenters. The Kier molecular flexibility index (Phi) is 2.31. The third-order valence-corrected chi connectivity index (χ3v) is 1.55. The largest absolute Gasteiger partial charge is 0.481 e. The number of hydrogen-bond acceptors (Lipinski definition) is 1. The maximum Gasteiger partial charge on any atom is 0.309 e. The van der Waals surface area contributed by atoms with Gasteiger partial charge in [-0.3, -0.25) is 4.79 Å². The van der Waals surface area contributed by atoms with Crippen LogP contribution < -0.4 is 0 Å². The normalized spacial score (nSPS) is 9.91. The first kappa shape index (κ1) is 7.85. The number of hydrogen-bond donors (Lipinski definition) is 2. The first-order valence-electron chi connectivity index (χ1n) is 3.60. The van der Waals surface area contributed by atoms with Crippen molar-refractivity contribution >= 4 is 5.97 Å². The second kappa shape index (κ2) is 3.23. The van der Waals surface area contributed by atoms with Gasteiger partial charge in [-0.15, -0.1) is 0 Å². The Balaban J connectivity index is 2.65. The third kappa shape index (κ3) is 2.11. The van der Waals surface area contributed by atoms with Crippen molar-refractivity contribution in [2.24, 2.45) is 0 Å². The summed E-state index contributed by atoms with van der Waals surface area (Å²) in [5.41, 5.74) is 1.93. The minimum Gasteiger partial charge on any atom is -0.481 e. The molecule has 0 amide bonds. The number of aliphatic carboxylic acids is 1. The van der Waals surface area contributed by atoms with Crippen LogP contribution in [-0.4, -0.2) is 16.1 Å². The van der Waals surface area contributed by atoms with Crippen LogP contribution in [0.4, 0.5) is 0 Å². The predicted molar refractivity (Wildman–Crippen MR) is 41.5 cm³/mol. The molecule has 1 heterocycles. The number of carboxylic acid groups (broad SMARTS) is 1. The van der Waals surface area contributed by atoms with Gasteiger partial charge in [0.25, 0.3) is 0 Å². The van der Waals surface area contributed by atoms with Crippen molar-refractivity contribution in [2.45, 2.75) is 19.8 Å². The van der Waals surface area contributed by atoms with Crippen LogP contribution in [0.3, 0.4) is 0 Å². The molecule has 1 aromatic rings. The van der Waals surface area contributed by atoms with Gasteiger partial charge in [0, 0.05) is 11.9 Å². The summed E-state index contributed by atoms with van der Waals surface area (Å²) in [6, 6.07) is 1.88. The fraction of sp³-hybridized carbons (Fsp3) is 0.375. The molecular formula is C8H11NO2. The molecule has 0 radical (unpaired) electrons. The lowest BCUT2D eigenvalue weighted by Gasteiger charge is -1.87. The summed E-state index contributed by atoms with van der Waals surface area (Å²) in [4.78, 5) is 13.2. The molecule has 11 heavy (non-hydrogen) atoms. The Morgan fingerprint density at radius 2 is 2.45 bits per heavy atom. The quantitative estimate of drug-likeness (QED) is 0.685. The maximum absolute atomic E-state index is 10.2. The molecule has 0 aliphatic heterocycles. The SMILES string of the molecule is CCc1c[nH]c(CC(=O)O)c1. The lowest BCUT2D eigenvalue weighted by molar-refractivity contribution is -0.136. The van der Waals surface area contributed by atoms with Crippen molar-refractivity contribution in [2.75, 3.05) is 0 Å². The van der Waals surface area contributed by atoms with Crippen LogP contribution in [0.15, 0.2) is 12.3 Å². The monoisotopic (exact) mass is 153 g/mol. The fourth-order valence-electron chi connectivity index (χ4n) is 0.962. The molecule has 0 aliphatic rings. The smallest absolute Gasteiger partial charge is 0.309 e. The number of rotatable bonds is 3. The summed E-state index contributed by atoms with van der Waals surface area (Å²) in [6.07, 6.45) is 2.87. The highest BCUT2D eigenvalue weighted by Crippen LogP contribution is 2.04. The number of aromatic amines is 1. The lowest BCUT2D eigenvalue weighted by Crippen LogP contribution is -1.99. The van der Waals surface area contributed by atoms with Crippen LogP contribution in [-0.2, 0) is 17.6 Å². The van der Waals surface area contributed by atoms with E-state index in [0.29, 0.717) is 0 Å². The highest BCUT2D eigenvalue weighted by Gasteiger charge is 2.01. The topological polar surface area (TPSA) is 53.1 Å². The summed E-state index contributed by atoms with van der Waals surface area (Å²) in [5.74, 6) is -0.797. The zero-order chi connectivity index (χ0) is 8.27. The van der Waals surface area contributed by atoms with Gasteiger partial charge in [0.1, 0.15) is 0 Å². The second-order valence-electron chi connectivity index (χ2n) is 2.46. The molecule has 1 rings (SSSR count). The summed E-state index contributed by atoms with van der Waals surface area (Å²) in [5, 5.41) is 8.43. The second-order valence-corrected chi connectivity index (χ2v) is 2.46. The summed E-state index contributed by atoms with van der Waals surface area (Å²) >= 11 is 0. The lowest BCUT2D eigenvalue weighted by atomic mass is 10.2. The van der Waals surface area contributed by atoms with Crippen LogP contribution in [0, 0.1) is 0 Å². The van der Waals surface area contributed by atoms with Gasteiger partial charge in [0.2, 0.25) is 0 Å². The van der Waals surface area contributed by atoms with Gasteiger partial charge in [-0.1, -0.05) is 6.92 Å². The number of nitrogens with one attached hydrogen (secondary N) is 1. The Morgan fingerprint density at radius 1 is 1.73 bits per heavy atom. The van der Waals surface area contributed by atoms with Crippen molar-refractivity contribution in [1.82, 2.24) is 4.98 Å². The minimum atomic E-state index is -0.797. The van der Waals surface area contributed by atoms with Gasteiger partial charge in [-0.05, 0) is 18.1 Å². The number of aromatic nitrogens is 1. The molecule has 0 saturated heterocycles. The zero-order valence-corrected chi connectivity index (χ0v) is 6.42. The third-order valence-electron chi connectivity index (χ3n) is 1.55. The molecule has 0 spiro atoms. The van der Waals surface area contributed by atoms with E-state index in [4.69, 9.17) is 5.11 Å². The molecule has 0 unspecified atom stereocenters. The minimum absolute atomic E-state index is 0.0833. The van der Waals surface area contributed by atoms with Gasteiger partial charge >= 0.3 is 5.97 Å². The van der Waals surface area contributed by atoms with Crippen LogP contribution in [0.2, 0.25) is 0 Å². The summed E-state index contributed by atoms with van der Waals surface area (Å²) in [7, 11) is 0. The number of H-pyrrole nitrogens is 1. The Morgan fingerprint density at radius 3 is 2.91 bits per heavy atom. The molecule has 3 nitrogen and oxygen atoms in total. The molecule has 0 saturated carbocycles. The molecule has 60 valence electrons. The van der Waals surface area contributed by atoms with E-state index >= 15 is 0 Å². The number of aryl methyl sites for hydroxylation is 1. The average Bonchev–Trinajstić information content (AvgIpc) is 2.34. The Hall–Kier alpha value is -1.25. The summed E-state index contributed by atoms with van der Waals surface area (Å²) < 4.78 is 0. The maximum atomic E-state index is 10.2. The number of carbonyl (C=O) groups is 1. The first-order valence-corrected chi connectivity index (χ1v) is 3.60. The van der Waals surface area contributed by atoms with Crippen molar-refractivity contribution < 1.29 is 9.90 Å². The van der Waals surface area contributed by atoms with E-state index < -0.39 is 5.97 Å². The molecule has 0 bridgehead atoms. The number of carboxylic acids is 1. The average molecular weight is 153 g/mol. The molecule has 1 aromatic heterocycles. The highest BCUT2D eigenvalue weighted by molar-refractivity contribution is 5.69. The van der Waals surface area contributed by atoms with Crippen molar-refractivity contribution in [3.05, 3.63) is 23.5 Å². The standard InChI is InChI=1S/C8H11NO2/c1-2-6-3-7(9-5-6)4-8(10)11/h3,5,9H,2,4H2,1H3,(H,10,11). The van der Waals surface area contributed by atoms with Crippen LogP contribution >= 0.6 is 0 Å². The van der Waals surface area contributed by atoms with E-state index in [1.165, 1.54) is 0 Å². The molecular weight excluding hydrogens is 142 g/mol. The molecule has 0 fully saturated rings. The van der Waals surface area contributed by atoms with E-state index in [-0.39, 0.29) is 6.42 Å². The van der Waals surface area contributed by atoms with Gasteiger partial charge < -0.3 is 10.1 Å². The fourth-order valence-corrected chi connectivity index (χ4v) is 0.962.